The topological polar surface area (TPSA) is 15.3 Å². The monoisotopic (exact) mass is 262 g/mol. The van der Waals surface area contributed by atoms with E-state index in [0.29, 0.717) is 12.1 Å². The number of likely N-dealkylation sites (N-methyl/N-ethyl adjacent to an activating group) is 1. The van der Waals surface area contributed by atoms with Gasteiger partial charge in [0.05, 0.1) is 0 Å². The molecule has 108 valence electrons. The predicted octanol–water partition coefficient (Wildman–Crippen LogP) is 3.85. The number of benzene rings is 1. The van der Waals surface area contributed by atoms with Gasteiger partial charge in [-0.1, -0.05) is 57.5 Å². The summed E-state index contributed by atoms with van der Waals surface area (Å²) < 4.78 is 0. The van der Waals surface area contributed by atoms with Crippen molar-refractivity contribution in [1.29, 1.82) is 0 Å². The molecular weight excluding hydrogens is 232 g/mol. The summed E-state index contributed by atoms with van der Waals surface area (Å²) in [5.74, 6) is 0. The highest BCUT2D eigenvalue weighted by Gasteiger charge is 2.14. The minimum Gasteiger partial charge on any atom is -0.306 e. The van der Waals surface area contributed by atoms with Gasteiger partial charge in [-0.15, -0.1) is 0 Å². The molecular formula is C17H30N2. The first-order valence-corrected chi connectivity index (χ1v) is 7.74. The van der Waals surface area contributed by atoms with Crippen LogP contribution in [0.15, 0.2) is 30.3 Å². The van der Waals surface area contributed by atoms with Gasteiger partial charge in [-0.25, -0.2) is 0 Å². The molecule has 1 aromatic rings. The van der Waals surface area contributed by atoms with Crippen LogP contribution in [0.1, 0.15) is 52.1 Å². The molecule has 0 aliphatic heterocycles. The fourth-order valence-corrected chi connectivity index (χ4v) is 2.59. The minimum atomic E-state index is 0.483. The molecule has 0 aliphatic carbocycles. The van der Waals surface area contributed by atoms with Crippen molar-refractivity contribution in [1.82, 2.24) is 10.2 Å². The third-order valence-corrected chi connectivity index (χ3v) is 3.69. The molecule has 19 heavy (non-hydrogen) atoms. The van der Waals surface area contributed by atoms with Gasteiger partial charge in [0.2, 0.25) is 0 Å². The van der Waals surface area contributed by atoms with E-state index in [9.17, 15) is 0 Å². The molecule has 0 fully saturated rings. The molecule has 0 saturated heterocycles. The molecule has 0 aliphatic rings. The van der Waals surface area contributed by atoms with E-state index < -0.39 is 0 Å². The molecule has 2 atom stereocenters. The quantitative estimate of drug-likeness (QED) is 0.727. The Hall–Kier alpha value is -0.860. The number of rotatable bonds is 9. The summed E-state index contributed by atoms with van der Waals surface area (Å²) >= 11 is 0. The Morgan fingerprint density at radius 3 is 2.21 bits per heavy atom. The van der Waals surface area contributed by atoms with Crippen LogP contribution in [0, 0.1) is 0 Å². The van der Waals surface area contributed by atoms with Crippen molar-refractivity contribution >= 4 is 0 Å². The van der Waals surface area contributed by atoms with Gasteiger partial charge in [0.1, 0.15) is 0 Å². The largest absolute Gasteiger partial charge is 0.306 e. The van der Waals surface area contributed by atoms with Crippen LogP contribution in [-0.2, 0) is 0 Å². The zero-order valence-electron chi connectivity index (χ0n) is 13.0. The highest BCUT2D eigenvalue weighted by atomic mass is 15.1. The lowest BCUT2D eigenvalue weighted by atomic mass is 10.0. The van der Waals surface area contributed by atoms with Gasteiger partial charge in [-0.2, -0.15) is 0 Å². The average molecular weight is 262 g/mol. The number of hydrogen-bond acceptors (Lipinski definition) is 2. The summed E-state index contributed by atoms with van der Waals surface area (Å²) in [5, 5.41) is 3.79. The summed E-state index contributed by atoms with van der Waals surface area (Å²) in [4.78, 5) is 2.48. The fourth-order valence-electron chi connectivity index (χ4n) is 2.59. The Morgan fingerprint density at radius 2 is 1.68 bits per heavy atom. The van der Waals surface area contributed by atoms with E-state index in [1.165, 1.54) is 18.4 Å². The van der Waals surface area contributed by atoms with Crippen LogP contribution < -0.4 is 5.32 Å². The van der Waals surface area contributed by atoms with Crippen molar-refractivity contribution in [3.8, 4) is 0 Å². The van der Waals surface area contributed by atoms with Crippen molar-refractivity contribution in [3.05, 3.63) is 35.9 Å². The van der Waals surface area contributed by atoms with Gasteiger partial charge in [-0.05, 0) is 32.0 Å². The van der Waals surface area contributed by atoms with E-state index in [4.69, 9.17) is 0 Å². The van der Waals surface area contributed by atoms with Crippen LogP contribution in [0.3, 0.4) is 0 Å². The Morgan fingerprint density at radius 1 is 1.05 bits per heavy atom. The van der Waals surface area contributed by atoms with E-state index >= 15 is 0 Å². The Bertz CT molecular complexity index is 319. The molecule has 0 saturated carbocycles. The normalized spacial score (nSPS) is 14.6. The maximum absolute atomic E-state index is 3.79. The van der Waals surface area contributed by atoms with Gasteiger partial charge in [0.15, 0.2) is 0 Å². The van der Waals surface area contributed by atoms with Gasteiger partial charge < -0.3 is 10.2 Å². The van der Waals surface area contributed by atoms with Crippen molar-refractivity contribution in [2.45, 2.75) is 52.6 Å². The first-order valence-electron chi connectivity index (χ1n) is 7.74. The zero-order chi connectivity index (χ0) is 14.1. The van der Waals surface area contributed by atoms with Gasteiger partial charge in [0.25, 0.3) is 0 Å². The molecule has 1 N–H and O–H groups in total. The third-order valence-electron chi connectivity index (χ3n) is 3.69. The lowest BCUT2D eigenvalue weighted by Crippen LogP contribution is -2.40. The van der Waals surface area contributed by atoms with E-state index in [1.54, 1.807) is 0 Å². The molecule has 2 heteroatoms. The summed E-state index contributed by atoms with van der Waals surface area (Å²) in [6, 6.07) is 11.8. The molecule has 1 aromatic carbocycles. The molecule has 0 bridgehead atoms. The van der Waals surface area contributed by atoms with Crippen molar-refractivity contribution in [2.24, 2.45) is 0 Å². The predicted molar refractivity (Wildman–Crippen MR) is 84.5 cm³/mol. The Balaban J connectivity index is 2.58. The summed E-state index contributed by atoms with van der Waals surface area (Å²) in [6.07, 6.45) is 2.41. The maximum atomic E-state index is 3.79. The second kappa shape index (κ2) is 9.11. The second-order valence-electron chi connectivity index (χ2n) is 5.31. The second-order valence-corrected chi connectivity index (χ2v) is 5.31. The Kier molecular flexibility index (Phi) is 7.76. The van der Waals surface area contributed by atoms with Crippen LogP contribution >= 0.6 is 0 Å². The number of nitrogens with zero attached hydrogens (tertiary/aromatic N) is 1. The SMILES string of the molecule is CCCC(NC(C)CN(CC)CC)c1ccccc1. The van der Waals surface area contributed by atoms with Gasteiger partial charge >= 0.3 is 0 Å². The molecule has 0 heterocycles. The average Bonchev–Trinajstić information content (AvgIpc) is 2.45. The first-order chi connectivity index (χ1) is 9.21. The van der Waals surface area contributed by atoms with Crippen LogP contribution in [0.2, 0.25) is 0 Å². The van der Waals surface area contributed by atoms with Gasteiger partial charge in [-0.3, -0.25) is 0 Å². The molecule has 1 rings (SSSR count). The molecule has 0 radical (unpaired) electrons. The summed E-state index contributed by atoms with van der Waals surface area (Å²) in [7, 11) is 0. The van der Waals surface area contributed by atoms with E-state index in [0.717, 1.165) is 19.6 Å². The molecule has 2 nitrogen and oxygen atoms in total. The van der Waals surface area contributed by atoms with Crippen LogP contribution in [0.4, 0.5) is 0 Å². The van der Waals surface area contributed by atoms with E-state index in [-0.39, 0.29) is 0 Å². The molecule has 0 spiro atoms. The highest BCUT2D eigenvalue weighted by Crippen LogP contribution is 2.18. The number of nitrogens with one attached hydrogen (secondary N) is 1. The fraction of sp³-hybridized carbons (Fsp3) is 0.647. The maximum Gasteiger partial charge on any atom is 0.0322 e. The molecule has 0 amide bonds. The zero-order valence-corrected chi connectivity index (χ0v) is 13.0. The lowest BCUT2D eigenvalue weighted by molar-refractivity contribution is 0.259. The molecule has 0 aromatic heterocycles. The van der Waals surface area contributed by atoms with E-state index in [1.807, 2.05) is 0 Å². The van der Waals surface area contributed by atoms with Crippen LogP contribution in [0.5, 0.6) is 0 Å². The standard InChI is InChI=1S/C17H30N2/c1-5-11-17(16-12-9-8-10-13-16)18-15(4)14-19(6-2)7-3/h8-10,12-13,15,17-18H,5-7,11,14H2,1-4H3. The third kappa shape index (κ3) is 5.75. The van der Waals surface area contributed by atoms with Crippen molar-refractivity contribution < 1.29 is 0 Å². The smallest absolute Gasteiger partial charge is 0.0322 e. The van der Waals surface area contributed by atoms with Crippen LogP contribution in [-0.4, -0.2) is 30.6 Å². The number of hydrogen-bond donors (Lipinski definition) is 1. The lowest BCUT2D eigenvalue weighted by Gasteiger charge is -2.28. The first kappa shape index (κ1) is 16.2. The van der Waals surface area contributed by atoms with E-state index in [2.05, 4.69) is 68.2 Å². The van der Waals surface area contributed by atoms with Gasteiger partial charge in [0, 0.05) is 18.6 Å². The van der Waals surface area contributed by atoms with Crippen molar-refractivity contribution in [3.63, 3.8) is 0 Å². The minimum absolute atomic E-state index is 0.483. The van der Waals surface area contributed by atoms with Crippen molar-refractivity contribution in [2.75, 3.05) is 19.6 Å². The summed E-state index contributed by atoms with van der Waals surface area (Å²) in [5.41, 5.74) is 1.41. The highest BCUT2D eigenvalue weighted by molar-refractivity contribution is 5.18. The molecule has 2 unspecified atom stereocenters. The summed E-state index contributed by atoms with van der Waals surface area (Å²) in [6.45, 7) is 12.4. The van der Waals surface area contributed by atoms with Crippen LogP contribution in [0.25, 0.3) is 0 Å². The Labute approximate surface area is 119 Å².